The molecule has 0 aromatic heterocycles. The van der Waals surface area contributed by atoms with E-state index in [1.54, 1.807) is 4.90 Å². The summed E-state index contributed by atoms with van der Waals surface area (Å²) in [4.78, 5) is 41.2. The summed E-state index contributed by atoms with van der Waals surface area (Å²) in [5.74, 6) is -1.65. The topological polar surface area (TPSA) is 96.4 Å². The standard InChI is InChI=1S/C26H40N2O6Si/c1-8-14-33-25(32)27-13-9-10-17(27)11-12-18-16(2)21-20(23(29)28(21)22(18)24(30)31)19(26(3,4)5)15-34-35(6)7/h8,11-12,16-17,19-21,35H,1,9-10,13-15H2,2-7H3,(H,30,31)/t16-,17-,19+,20-,21+/m0/s1. The molecular formula is C26H40N2O6Si. The van der Waals surface area contributed by atoms with Gasteiger partial charge in [-0.15, -0.1) is 0 Å². The molecule has 194 valence electrons. The van der Waals surface area contributed by atoms with E-state index in [0.717, 1.165) is 12.8 Å². The number of allylic oxidation sites excluding steroid dienone is 1. The van der Waals surface area contributed by atoms with Crippen LogP contribution in [0.4, 0.5) is 4.79 Å². The van der Waals surface area contributed by atoms with E-state index in [2.05, 4.69) is 40.4 Å². The largest absolute Gasteiger partial charge is 0.477 e. The molecule has 8 nitrogen and oxygen atoms in total. The average Bonchev–Trinajstić information content (AvgIpc) is 3.33. The minimum absolute atomic E-state index is 0.00284. The van der Waals surface area contributed by atoms with E-state index in [9.17, 15) is 19.5 Å². The van der Waals surface area contributed by atoms with Crippen molar-refractivity contribution in [2.45, 2.75) is 65.7 Å². The van der Waals surface area contributed by atoms with E-state index >= 15 is 0 Å². The van der Waals surface area contributed by atoms with Crippen LogP contribution in [0.1, 0.15) is 40.5 Å². The van der Waals surface area contributed by atoms with Crippen LogP contribution in [0.3, 0.4) is 0 Å². The summed E-state index contributed by atoms with van der Waals surface area (Å²) in [6.07, 6.45) is 6.45. The molecule has 0 saturated carbocycles. The summed E-state index contributed by atoms with van der Waals surface area (Å²) >= 11 is 0. The Morgan fingerprint density at radius 3 is 2.57 bits per heavy atom. The number of β-lactam (4-membered cyclic amide) rings is 1. The lowest BCUT2D eigenvalue weighted by molar-refractivity contribution is -0.164. The number of carboxylic acid groups (broad SMARTS) is 1. The molecule has 0 unspecified atom stereocenters. The fourth-order valence-electron chi connectivity index (χ4n) is 5.57. The quantitative estimate of drug-likeness (QED) is 0.291. The Morgan fingerprint density at radius 2 is 2.00 bits per heavy atom. The Kier molecular flexibility index (Phi) is 8.31. The second kappa shape index (κ2) is 10.7. The van der Waals surface area contributed by atoms with E-state index < -0.39 is 21.1 Å². The fourth-order valence-corrected chi connectivity index (χ4v) is 6.16. The Labute approximate surface area is 210 Å². The number of hydrogen-bond acceptors (Lipinski definition) is 5. The van der Waals surface area contributed by atoms with Gasteiger partial charge in [-0.2, -0.15) is 0 Å². The zero-order chi connectivity index (χ0) is 26.1. The van der Waals surface area contributed by atoms with Crippen molar-refractivity contribution in [3.63, 3.8) is 0 Å². The van der Waals surface area contributed by atoms with E-state index in [0.29, 0.717) is 18.7 Å². The minimum atomic E-state index is -1.27. The predicted octanol–water partition coefficient (Wildman–Crippen LogP) is 3.81. The van der Waals surface area contributed by atoms with Crippen molar-refractivity contribution in [2.75, 3.05) is 19.8 Å². The molecule has 3 heterocycles. The molecule has 0 aliphatic carbocycles. The van der Waals surface area contributed by atoms with Crippen LogP contribution in [0.2, 0.25) is 13.1 Å². The van der Waals surface area contributed by atoms with Gasteiger partial charge >= 0.3 is 12.1 Å². The van der Waals surface area contributed by atoms with Gasteiger partial charge in [-0.1, -0.05) is 52.5 Å². The lowest BCUT2D eigenvalue weighted by Crippen LogP contribution is -2.64. The number of amides is 2. The molecule has 0 aromatic carbocycles. The smallest absolute Gasteiger partial charge is 0.410 e. The zero-order valence-electron chi connectivity index (χ0n) is 21.8. The van der Waals surface area contributed by atoms with Crippen molar-refractivity contribution >= 4 is 27.0 Å². The summed E-state index contributed by atoms with van der Waals surface area (Å²) in [6, 6.07) is -0.374. The monoisotopic (exact) mass is 504 g/mol. The lowest BCUT2D eigenvalue weighted by atomic mass is 9.65. The van der Waals surface area contributed by atoms with Gasteiger partial charge in [0.1, 0.15) is 12.3 Å². The third-order valence-electron chi connectivity index (χ3n) is 7.42. The van der Waals surface area contributed by atoms with E-state index in [-0.39, 0.29) is 53.5 Å². The Balaban J connectivity index is 1.85. The summed E-state index contributed by atoms with van der Waals surface area (Å²) in [5, 5.41) is 10.0. The Hall–Kier alpha value is -2.39. The number of fused-ring (bicyclic) bond motifs is 1. The van der Waals surface area contributed by atoms with Crippen LogP contribution < -0.4 is 0 Å². The molecular weight excluding hydrogens is 464 g/mol. The van der Waals surface area contributed by atoms with Crippen LogP contribution >= 0.6 is 0 Å². The van der Waals surface area contributed by atoms with Crippen molar-refractivity contribution in [3.8, 4) is 0 Å². The van der Waals surface area contributed by atoms with Crippen molar-refractivity contribution in [1.29, 1.82) is 0 Å². The highest BCUT2D eigenvalue weighted by Crippen LogP contribution is 2.52. The third-order valence-corrected chi connectivity index (χ3v) is 8.28. The van der Waals surface area contributed by atoms with Crippen LogP contribution in [0.5, 0.6) is 0 Å². The number of aliphatic carboxylic acids is 1. The van der Waals surface area contributed by atoms with E-state index in [1.165, 1.54) is 11.0 Å². The van der Waals surface area contributed by atoms with Crippen molar-refractivity contribution in [3.05, 3.63) is 36.1 Å². The molecule has 2 fully saturated rings. The number of ether oxygens (including phenoxy) is 1. The number of likely N-dealkylation sites (tertiary alicyclic amines) is 1. The minimum Gasteiger partial charge on any atom is -0.477 e. The molecule has 0 aromatic rings. The number of hydrogen-bond donors (Lipinski definition) is 1. The molecule has 1 N–H and O–H groups in total. The predicted molar refractivity (Wildman–Crippen MR) is 136 cm³/mol. The van der Waals surface area contributed by atoms with E-state index in [1.807, 2.05) is 19.1 Å². The second-order valence-electron chi connectivity index (χ2n) is 11.1. The molecule has 2 saturated heterocycles. The third kappa shape index (κ3) is 5.40. The normalized spacial score (nSPS) is 27.5. The first-order chi connectivity index (χ1) is 16.4. The maximum absolute atomic E-state index is 13.4. The second-order valence-corrected chi connectivity index (χ2v) is 13.5. The summed E-state index contributed by atoms with van der Waals surface area (Å²) in [6.45, 7) is 17.4. The van der Waals surface area contributed by atoms with Crippen molar-refractivity contribution in [1.82, 2.24) is 9.80 Å². The summed E-state index contributed by atoms with van der Waals surface area (Å²) < 4.78 is 11.3. The maximum atomic E-state index is 13.4. The Morgan fingerprint density at radius 1 is 1.31 bits per heavy atom. The van der Waals surface area contributed by atoms with Gasteiger partial charge in [0.2, 0.25) is 5.91 Å². The van der Waals surface area contributed by atoms with Crippen LogP contribution in [0.25, 0.3) is 0 Å². The maximum Gasteiger partial charge on any atom is 0.410 e. The van der Waals surface area contributed by atoms with Crippen molar-refractivity contribution < 1.29 is 28.7 Å². The lowest BCUT2D eigenvalue weighted by Gasteiger charge is -2.51. The summed E-state index contributed by atoms with van der Waals surface area (Å²) in [5.41, 5.74) is 0.537. The SMILES string of the molecule is C=CCOC(=O)N1CCC[C@H]1C=CC1=C(C(=O)O)N2C(=O)[C@@H]([C@@H](CO[SiH](C)C)C(C)(C)C)[C@H]2[C@H]1C. The highest BCUT2D eigenvalue weighted by Gasteiger charge is 2.61. The van der Waals surface area contributed by atoms with Gasteiger partial charge in [-0.05, 0) is 42.8 Å². The first-order valence-electron chi connectivity index (χ1n) is 12.5. The van der Waals surface area contributed by atoms with Crippen LogP contribution in [0, 0.1) is 23.2 Å². The van der Waals surface area contributed by atoms with Gasteiger partial charge in [-0.25, -0.2) is 9.59 Å². The molecule has 0 radical (unpaired) electrons. The van der Waals surface area contributed by atoms with Gasteiger partial charge in [0.25, 0.3) is 0 Å². The van der Waals surface area contributed by atoms with Gasteiger partial charge in [0, 0.05) is 19.1 Å². The molecule has 35 heavy (non-hydrogen) atoms. The molecule has 9 heteroatoms. The molecule has 5 atom stereocenters. The molecule has 3 aliphatic rings. The van der Waals surface area contributed by atoms with Gasteiger partial charge < -0.3 is 24.1 Å². The number of rotatable bonds is 9. The van der Waals surface area contributed by atoms with Crippen LogP contribution in [-0.4, -0.2) is 73.8 Å². The molecule has 2 amide bonds. The number of carboxylic acids is 1. The Bertz CT molecular complexity index is 921. The van der Waals surface area contributed by atoms with Crippen LogP contribution in [0.15, 0.2) is 36.1 Å². The highest BCUT2D eigenvalue weighted by molar-refractivity contribution is 6.48. The van der Waals surface area contributed by atoms with E-state index in [4.69, 9.17) is 9.16 Å². The summed E-state index contributed by atoms with van der Waals surface area (Å²) in [7, 11) is -1.27. The van der Waals surface area contributed by atoms with Gasteiger partial charge in [0.05, 0.1) is 18.0 Å². The number of carbonyl (C=O) groups is 3. The van der Waals surface area contributed by atoms with Gasteiger partial charge in [-0.3, -0.25) is 4.79 Å². The molecule has 0 bridgehead atoms. The van der Waals surface area contributed by atoms with Crippen LogP contribution in [-0.2, 0) is 18.8 Å². The average molecular weight is 505 g/mol. The number of carbonyl (C=O) groups excluding carboxylic acids is 2. The van der Waals surface area contributed by atoms with Crippen molar-refractivity contribution in [2.24, 2.45) is 23.2 Å². The molecule has 3 aliphatic heterocycles. The number of nitrogens with zero attached hydrogens (tertiary/aromatic N) is 2. The zero-order valence-corrected chi connectivity index (χ0v) is 23.0. The first kappa shape index (κ1) is 27.2. The molecule has 3 rings (SSSR count). The highest BCUT2D eigenvalue weighted by atomic mass is 28.3. The molecule has 0 spiro atoms. The fraction of sp³-hybridized carbons (Fsp3) is 0.654. The van der Waals surface area contributed by atoms with Gasteiger partial charge in [0.15, 0.2) is 9.04 Å². The first-order valence-corrected chi connectivity index (χ1v) is 15.3.